The van der Waals surface area contributed by atoms with Gasteiger partial charge in [-0.1, -0.05) is 0 Å². The zero-order valence-electron chi connectivity index (χ0n) is 11.8. The molecule has 0 spiro atoms. The summed E-state index contributed by atoms with van der Waals surface area (Å²) in [5.74, 6) is 0. The summed E-state index contributed by atoms with van der Waals surface area (Å²) in [7, 11) is -9.41. The Labute approximate surface area is 187 Å². The number of aliphatic hydroxyl groups excluding tert-OH is 3. The van der Waals surface area contributed by atoms with Crippen molar-refractivity contribution in [2.45, 2.75) is 43.4 Å². The molecule has 1 fully saturated rings. The van der Waals surface area contributed by atoms with Crippen LogP contribution in [0.15, 0.2) is 0 Å². The summed E-state index contributed by atoms with van der Waals surface area (Å²) >= 11 is 0. The normalized spacial score (nSPS) is 30.3. The molecule has 1 aliphatic rings. The first-order chi connectivity index (χ1) is 10.4. The van der Waals surface area contributed by atoms with Crippen LogP contribution in [0.25, 0.3) is 0 Å². The van der Waals surface area contributed by atoms with Gasteiger partial charge in [0.2, 0.25) is 0 Å². The molecule has 1 rings (SSSR count). The molecule has 142 valence electrons. The predicted molar refractivity (Wildman–Crippen MR) is 86.2 cm³/mol. The first-order valence-electron chi connectivity index (χ1n) is 6.50. The van der Waals surface area contributed by atoms with E-state index in [1.807, 2.05) is 0 Å². The molecule has 0 aromatic carbocycles. The number of hydrogen-bond donors (Lipinski definition) is 7. The van der Waals surface area contributed by atoms with Gasteiger partial charge in [0, 0.05) is 0 Å². The van der Waals surface area contributed by atoms with E-state index in [1.54, 1.807) is 0 Å². The molecule has 12 nitrogen and oxygen atoms in total. The molecule has 0 bridgehead atoms. The maximum atomic E-state index is 10.6. The SMILES string of the molecule is O=P(O)(O)OCCCC1OC(COP(=O)(O)O)C(O)C(O)C1O.[NaH].[NaH]. The van der Waals surface area contributed by atoms with Gasteiger partial charge in [0.25, 0.3) is 0 Å². The zero-order valence-corrected chi connectivity index (χ0v) is 13.6. The second kappa shape index (κ2) is 12.6. The number of hydrogen-bond acceptors (Lipinski definition) is 8. The van der Waals surface area contributed by atoms with Gasteiger partial charge in [0.1, 0.15) is 24.4 Å². The predicted octanol–water partition coefficient (Wildman–Crippen LogP) is -3.46. The molecule has 7 N–H and O–H groups in total. The van der Waals surface area contributed by atoms with Crippen molar-refractivity contribution in [3.63, 3.8) is 0 Å². The topological polar surface area (TPSA) is 203 Å². The van der Waals surface area contributed by atoms with Crippen molar-refractivity contribution in [1.29, 1.82) is 0 Å². The van der Waals surface area contributed by atoms with E-state index >= 15 is 0 Å². The molecule has 25 heavy (non-hydrogen) atoms. The van der Waals surface area contributed by atoms with Gasteiger partial charge in [0.15, 0.2) is 0 Å². The van der Waals surface area contributed by atoms with Crippen LogP contribution in [0.1, 0.15) is 12.8 Å². The first kappa shape index (κ1) is 29.3. The van der Waals surface area contributed by atoms with E-state index in [0.29, 0.717) is 0 Å². The Bertz CT molecular complexity index is 470. The average Bonchev–Trinajstić information content (AvgIpc) is 2.40. The van der Waals surface area contributed by atoms with Crippen LogP contribution in [-0.4, -0.2) is 138 Å². The fourth-order valence-corrected chi connectivity index (χ4v) is 2.75. The number of phosphoric ester groups is 2. The van der Waals surface area contributed by atoms with Crippen LogP contribution in [0.3, 0.4) is 0 Å². The molecular weight excluding hydrogens is 408 g/mol. The Balaban J connectivity index is 0. The van der Waals surface area contributed by atoms with Crippen LogP contribution in [0.4, 0.5) is 0 Å². The second-order valence-corrected chi connectivity index (χ2v) is 7.42. The van der Waals surface area contributed by atoms with Gasteiger partial charge < -0.3 is 39.6 Å². The zero-order chi connectivity index (χ0) is 17.8. The number of phosphoric acid groups is 2. The monoisotopic (exact) mass is 430 g/mol. The van der Waals surface area contributed by atoms with E-state index in [-0.39, 0.29) is 78.6 Å². The van der Waals surface area contributed by atoms with Gasteiger partial charge in [-0.15, -0.1) is 0 Å². The molecule has 0 amide bonds. The molecule has 1 heterocycles. The molecular formula is C9H22Na2O12P2. The van der Waals surface area contributed by atoms with Gasteiger partial charge in [-0.25, -0.2) is 9.13 Å². The summed E-state index contributed by atoms with van der Waals surface area (Å²) in [6, 6.07) is 0. The third-order valence-corrected chi connectivity index (χ3v) is 4.12. The summed E-state index contributed by atoms with van der Waals surface area (Å²) in [5, 5.41) is 29.2. The van der Waals surface area contributed by atoms with E-state index in [1.165, 1.54) is 0 Å². The fourth-order valence-electron chi connectivity index (χ4n) is 2.04. The molecule has 0 saturated carbocycles. The van der Waals surface area contributed by atoms with Crippen LogP contribution in [0.5, 0.6) is 0 Å². The Morgan fingerprint density at radius 1 is 0.800 bits per heavy atom. The third-order valence-electron chi connectivity index (χ3n) is 3.11. The van der Waals surface area contributed by atoms with Crippen molar-refractivity contribution in [2.24, 2.45) is 0 Å². The standard InChI is InChI=1S/C9H20O12P2.2Na.2H/c10-7-5(2-1-3-19-22(13,14)15)21-6(8(11)9(7)12)4-20-23(16,17)18;;;;/h5-12H,1-4H2,(H2,13,14,15)(H2,16,17,18);;;;. The summed E-state index contributed by atoms with van der Waals surface area (Å²) in [4.78, 5) is 34.3. The van der Waals surface area contributed by atoms with Crippen molar-refractivity contribution in [1.82, 2.24) is 0 Å². The minimum absolute atomic E-state index is 0. The van der Waals surface area contributed by atoms with E-state index in [2.05, 4.69) is 9.05 Å². The van der Waals surface area contributed by atoms with Crippen molar-refractivity contribution < 1.29 is 57.8 Å². The van der Waals surface area contributed by atoms with E-state index in [9.17, 15) is 24.4 Å². The summed E-state index contributed by atoms with van der Waals surface area (Å²) in [6.45, 7) is -1.05. The van der Waals surface area contributed by atoms with Crippen molar-refractivity contribution in [3.05, 3.63) is 0 Å². The molecule has 5 atom stereocenters. The molecule has 16 heteroatoms. The third kappa shape index (κ3) is 11.6. The van der Waals surface area contributed by atoms with Crippen LogP contribution in [-0.2, 0) is 22.9 Å². The minimum atomic E-state index is -4.80. The van der Waals surface area contributed by atoms with Crippen molar-refractivity contribution in [3.8, 4) is 0 Å². The van der Waals surface area contributed by atoms with Gasteiger partial charge in [0.05, 0.1) is 19.3 Å². The van der Waals surface area contributed by atoms with E-state index in [0.717, 1.165) is 0 Å². The van der Waals surface area contributed by atoms with Crippen LogP contribution >= 0.6 is 15.6 Å². The van der Waals surface area contributed by atoms with Crippen LogP contribution in [0, 0.1) is 0 Å². The Hall–Kier alpha value is 2.06. The first-order valence-corrected chi connectivity index (χ1v) is 9.56. The molecule has 0 aliphatic carbocycles. The fraction of sp³-hybridized carbons (Fsp3) is 1.00. The molecule has 0 radical (unpaired) electrons. The van der Waals surface area contributed by atoms with Gasteiger partial charge >= 0.3 is 74.8 Å². The van der Waals surface area contributed by atoms with Crippen LogP contribution in [0.2, 0.25) is 0 Å². The van der Waals surface area contributed by atoms with Crippen molar-refractivity contribution in [2.75, 3.05) is 13.2 Å². The molecule has 5 unspecified atom stereocenters. The molecule has 0 aromatic heterocycles. The van der Waals surface area contributed by atoms with E-state index in [4.69, 9.17) is 24.3 Å². The van der Waals surface area contributed by atoms with Crippen LogP contribution < -0.4 is 0 Å². The molecule has 0 aromatic rings. The number of ether oxygens (including phenoxy) is 1. The second-order valence-electron chi connectivity index (χ2n) is 4.94. The summed E-state index contributed by atoms with van der Waals surface area (Å²) < 4.78 is 34.8. The summed E-state index contributed by atoms with van der Waals surface area (Å²) in [6.07, 6.45) is -7.03. The van der Waals surface area contributed by atoms with Crippen molar-refractivity contribution >= 4 is 74.8 Å². The number of aliphatic hydroxyl groups is 3. The maximum absolute atomic E-state index is 10.6. The Morgan fingerprint density at radius 3 is 1.76 bits per heavy atom. The van der Waals surface area contributed by atoms with Gasteiger partial charge in [-0.2, -0.15) is 0 Å². The van der Waals surface area contributed by atoms with E-state index < -0.39 is 52.8 Å². The molecule has 1 saturated heterocycles. The average molecular weight is 430 g/mol. The van der Waals surface area contributed by atoms with Gasteiger partial charge in [-0.05, 0) is 12.8 Å². The summed E-state index contributed by atoms with van der Waals surface area (Å²) in [5.41, 5.74) is 0. The van der Waals surface area contributed by atoms with Gasteiger partial charge in [-0.3, -0.25) is 9.05 Å². The molecule has 1 aliphatic heterocycles. The number of rotatable bonds is 8. The quantitative estimate of drug-likeness (QED) is 0.114. The Kier molecular flexibility index (Phi) is 14.7. The Morgan fingerprint density at radius 2 is 1.28 bits per heavy atom.